The van der Waals surface area contributed by atoms with E-state index in [2.05, 4.69) is 14.8 Å². The number of nitrogens with zero attached hydrogens (tertiary/aromatic N) is 4. The smallest absolute Gasteiger partial charge is 0.161 e. The van der Waals surface area contributed by atoms with E-state index in [-0.39, 0.29) is 0 Å². The Bertz CT molecular complexity index is 764. The van der Waals surface area contributed by atoms with Gasteiger partial charge >= 0.3 is 0 Å². The lowest BCUT2D eigenvalue weighted by Crippen LogP contribution is -2.52. The van der Waals surface area contributed by atoms with E-state index in [9.17, 15) is 5.11 Å². The van der Waals surface area contributed by atoms with Gasteiger partial charge in [0.15, 0.2) is 5.82 Å². The summed E-state index contributed by atoms with van der Waals surface area (Å²) in [5, 5.41) is 11.2. The van der Waals surface area contributed by atoms with Crippen molar-refractivity contribution < 1.29 is 9.84 Å². The Balaban J connectivity index is 1.58. The first-order valence-electron chi connectivity index (χ1n) is 9.80. The van der Waals surface area contributed by atoms with Gasteiger partial charge in [-0.15, -0.1) is 0 Å². The highest BCUT2D eigenvalue weighted by molar-refractivity contribution is 5.58. The molecule has 0 radical (unpaired) electrons. The highest BCUT2D eigenvalue weighted by atomic mass is 16.5. The first-order chi connectivity index (χ1) is 13.1. The average Bonchev–Trinajstić information content (AvgIpc) is 3.09. The molecule has 0 spiro atoms. The van der Waals surface area contributed by atoms with Gasteiger partial charge in [-0.3, -0.25) is 0 Å². The molecule has 2 fully saturated rings. The largest absolute Gasteiger partial charge is 0.384 e. The summed E-state index contributed by atoms with van der Waals surface area (Å²) < 4.78 is 5.76. The Morgan fingerprint density at radius 3 is 2.67 bits per heavy atom. The lowest BCUT2D eigenvalue weighted by molar-refractivity contribution is -0.0439. The molecule has 1 aromatic heterocycles. The van der Waals surface area contributed by atoms with E-state index in [1.807, 2.05) is 43.3 Å². The second-order valence-corrected chi connectivity index (χ2v) is 7.74. The van der Waals surface area contributed by atoms with Gasteiger partial charge in [0.25, 0.3) is 0 Å². The van der Waals surface area contributed by atoms with Crippen LogP contribution in [0.1, 0.15) is 18.5 Å². The molecule has 3 heterocycles. The van der Waals surface area contributed by atoms with Crippen LogP contribution in [0.15, 0.2) is 36.4 Å². The molecule has 2 saturated heterocycles. The second-order valence-electron chi connectivity index (χ2n) is 7.74. The molecule has 27 heavy (non-hydrogen) atoms. The summed E-state index contributed by atoms with van der Waals surface area (Å²) in [5.74, 6) is 1.57. The van der Waals surface area contributed by atoms with Gasteiger partial charge in [-0.2, -0.15) is 0 Å². The Morgan fingerprint density at radius 1 is 1.11 bits per heavy atom. The zero-order chi connectivity index (χ0) is 18.7. The molecule has 4 rings (SSSR count). The summed E-state index contributed by atoms with van der Waals surface area (Å²) in [6.07, 6.45) is 2.43. The van der Waals surface area contributed by atoms with Crippen LogP contribution in [0.5, 0.6) is 0 Å². The number of hydrogen-bond donors (Lipinski definition) is 1. The molecule has 2 aliphatic rings. The third kappa shape index (κ3) is 4.46. The van der Waals surface area contributed by atoms with Crippen LogP contribution in [0.25, 0.3) is 11.4 Å². The van der Waals surface area contributed by atoms with Crippen molar-refractivity contribution in [3.8, 4) is 11.4 Å². The monoisotopic (exact) mass is 368 g/mol. The van der Waals surface area contributed by atoms with E-state index in [4.69, 9.17) is 9.72 Å². The van der Waals surface area contributed by atoms with Crippen molar-refractivity contribution >= 4 is 5.82 Å². The van der Waals surface area contributed by atoms with E-state index in [0.29, 0.717) is 32.8 Å². The average molecular weight is 368 g/mol. The molecule has 144 valence electrons. The van der Waals surface area contributed by atoms with Crippen LogP contribution in [-0.2, 0) is 4.74 Å². The minimum absolute atomic E-state index is 0.371. The fraction of sp³-hybridized carbons (Fsp3) is 0.524. The molecule has 0 aliphatic carbocycles. The summed E-state index contributed by atoms with van der Waals surface area (Å²) in [6, 6.07) is 12.0. The second kappa shape index (κ2) is 7.92. The summed E-state index contributed by atoms with van der Waals surface area (Å²) in [6.45, 7) is 6.96. The van der Waals surface area contributed by atoms with Gasteiger partial charge in [0.1, 0.15) is 11.4 Å². The molecule has 0 bridgehead atoms. The molecule has 0 unspecified atom stereocenters. The molecule has 0 amide bonds. The number of anilines is 1. The maximum absolute atomic E-state index is 11.2. The van der Waals surface area contributed by atoms with Crippen LogP contribution in [0.3, 0.4) is 0 Å². The number of β-amino-alcohol motifs (C(OH)–C–C–N with tert-alkyl or cyclic N) is 1. The maximum atomic E-state index is 11.2. The first kappa shape index (κ1) is 18.3. The van der Waals surface area contributed by atoms with Crippen LogP contribution in [0, 0.1) is 6.92 Å². The van der Waals surface area contributed by atoms with Gasteiger partial charge < -0.3 is 19.6 Å². The third-order valence-electron chi connectivity index (χ3n) is 5.27. The molecule has 0 saturated carbocycles. The minimum Gasteiger partial charge on any atom is -0.384 e. The van der Waals surface area contributed by atoms with Crippen LogP contribution in [0.2, 0.25) is 0 Å². The molecular formula is C21H28N4O2. The lowest BCUT2D eigenvalue weighted by Gasteiger charge is -2.34. The zero-order valence-corrected chi connectivity index (χ0v) is 16.0. The van der Waals surface area contributed by atoms with Gasteiger partial charge in [0.2, 0.25) is 0 Å². The summed E-state index contributed by atoms with van der Waals surface area (Å²) in [5.41, 5.74) is 1.04. The van der Waals surface area contributed by atoms with Gasteiger partial charge in [-0.05, 0) is 32.9 Å². The standard InChI is InChI=1S/C21H28N4O2/c1-17-13-19(23-20(22-17)18-7-3-2-4-8-18)25-11-12-27-16-21(26,15-25)14-24-9-5-6-10-24/h2-4,7-8,13,26H,5-6,9-12,14-16H2,1H3/t21-/m1/s1. The van der Waals surface area contributed by atoms with Crippen molar-refractivity contribution in [2.24, 2.45) is 0 Å². The zero-order valence-electron chi connectivity index (χ0n) is 16.0. The topological polar surface area (TPSA) is 61.7 Å². The van der Waals surface area contributed by atoms with Crippen molar-refractivity contribution in [2.45, 2.75) is 25.4 Å². The van der Waals surface area contributed by atoms with Crippen molar-refractivity contribution in [1.29, 1.82) is 0 Å². The number of rotatable bonds is 4. The van der Waals surface area contributed by atoms with E-state index in [1.165, 1.54) is 12.8 Å². The van der Waals surface area contributed by atoms with Crippen molar-refractivity contribution in [2.75, 3.05) is 50.8 Å². The Hall–Kier alpha value is -2.02. The van der Waals surface area contributed by atoms with Gasteiger partial charge in [-0.25, -0.2) is 9.97 Å². The van der Waals surface area contributed by atoms with Gasteiger partial charge in [0, 0.05) is 30.4 Å². The molecule has 6 nitrogen and oxygen atoms in total. The van der Waals surface area contributed by atoms with E-state index >= 15 is 0 Å². The van der Waals surface area contributed by atoms with Crippen LogP contribution in [0.4, 0.5) is 5.82 Å². The lowest BCUT2D eigenvalue weighted by atomic mass is 10.0. The predicted octanol–water partition coefficient (Wildman–Crippen LogP) is 2.12. The molecule has 1 aromatic carbocycles. The van der Waals surface area contributed by atoms with Crippen LogP contribution >= 0.6 is 0 Å². The number of benzene rings is 1. The highest BCUT2D eigenvalue weighted by Crippen LogP contribution is 2.24. The molecule has 1 N–H and O–H groups in total. The number of aliphatic hydroxyl groups is 1. The number of hydrogen-bond acceptors (Lipinski definition) is 6. The number of aromatic nitrogens is 2. The minimum atomic E-state index is -0.882. The first-order valence-corrected chi connectivity index (χ1v) is 9.80. The molecule has 1 atom stereocenters. The number of likely N-dealkylation sites (tertiary alicyclic amines) is 1. The summed E-state index contributed by atoms with van der Waals surface area (Å²) in [7, 11) is 0. The number of ether oxygens (including phenoxy) is 1. The molecule has 2 aromatic rings. The molecular weight excluding hydrogens is 340 g/mol. The Kier molecular flexibility index (Phi) is 5.38. The normalized spacial score (nSPS) is 24.1. The van der Waals surface area contributed by atoms with E-state index in [0.717, 1.165) is 36.0 Å². The summed E-state index contributed by atoms with van der Waals surface area (Å²) in [4.78, 5) is 13.9. The maximum Gasteiger partial charge on any atom is 0.161 e. The van der Waals surface area contributed by atoms with E-state index < -0.39 is 5.60 Å². The molecule has 6 heteroatoms. The van der Waals surface area contributed by atoms with Crippen LogP contribution in [-0.4, -0.2) is 71.5 Å². The highest BCUT2D eigenvalue weighted by Gasteiger charge is 2.35. The fourth-order valence-electron chi connectivity index (χ4n) is 4.00. The van der Waals surface area contributed by atoms with Crippen molar-refractivity contribution in [3.63, 3.8) is 0 Å². The quantitative estimate of drug-likeness (QED) is 0.892. The SMILES string of the molecule is Cc1cc(N2CCOC[C@@](O)(CN3CCCC3)C2)nc(-c2ccccc2)n1. The van der Waals surface area contributed by atoms with Gasteiger partial charge in [-0.1, -0.05) is 30.3 Å². The Morgan fingerprint density at radius 2 is 1.89 bits per heavy atom. The van der Waals surface area contributed by atoms with Crippen molar-refractivity contribution in [1.82, 2.24) is 14.9 Å². The van der Waals surface area contributed by atoms with E-state index in [1.54, 1.807) is 0 Å². The predicted molar refractivity (Wildman–Crippen MR) is 106 cm³/mol. The molecule has 2 aliphatic heterocycles. The third-order valence-corrected chi connectivity index (χ3v) is 5.27. The van der Waals surface area contributed by atoms with Crippen LogP contribution < -0.4 is 4.90 Å². The summed E-state index contributed by atoms with van der Waals surface area (Å²) >= 11 is 0. The van der Waals surface area contributed by atoms with Crippen molar-refractivity contribution in [3.05, 3.63) is 42.1 Å². The fourth-order valence-corrected chi connectivity index (χ4v) is 4.00. The Labute approximate surface area is 160 Å². The van der Waals surface area contributed by atoms with Gasteiger partial charge in [0.05, 0.1) is 19.8 Å². The number of aryl methyl sites for hydroxylation is 1.